The predicted octanol–water partition coefficient (Wildman–Crippen LogP) is 2.67. The molecule has 1 unspecified atom stereocenters. The normalized spacial score (nSPS) is 26.9. The van der Waals surface area contributed by atoms with Crippen molar-refractivity contribution in [3.8, 4) is 5.75 Å². The van der Waals surface area contributed by atoms with Gasteiger partial charge in [-0.2, -0.15) is 0 Å². The lowest BCUT2D eigenvalue weighted by molar-refractivity contribution is 0.0560. The fraction of sp³-hybridized carbons (Fsp3) is 0.647. The van der Waals surface area contributed by atoms with Crippen LogP contribution in [0.3, 0.4) is 0 Å². The number of halogens is 1. The second kappa shape index (κ2) is 6.75. The highest BCUT2D eigenvalue weighted by Gasteiger charge is 2.36. The van der Waals surface area contributed by atoms with Crippen LogP contribution in [0.5, 0.6) is 5.75 Å². The molecule has 0 amide bonds. The molecule has 0 bridgehead atoms. The summed E-state index contributed by atoms with van der Waals surface area (Å²) in [4.78, 5) is 2.48. The van der Waals surface area contributed by atoms with E-state index in [1.54, 1.807) is 12.1 Å². The number of hydrogen-bond acceptors (Lipinski definition) is 3. The zero-order chi connectivity index (χ0) is 14.5. The zero-order valence-corrected chi connectivity index (χ0v) is 12.6. The van der Waals surface area contributed by atoms with Gasteiger partial charge in [-0.05, 0) is 56.3 Å². The van der Waals surface area contributed by atoms with Gasteiger partial charge < -0.3 is 10.1 Å². The minimum atomic E-state index is -0.274. The highest BCUT2D eigenvalue weighted by molar-refractivity contribution is 5.23. The van der Waals surface area contributed by atoms with Crippen LogP contribution < -0.4 is 10.1 Å². The molecule has 3 nitrogen and oxygen atoms in total. The van der Waals surface area contributed by atoms with E-state index in [1.165, 1.54) is 31.7 Å². The first-order chi connectivity index (χ1) is 10.3. The lowest BCUT2D eigenvalue weighted by atomic mass is 9.74. The van der Waals surface area contributed by atoms with Gasteiger partial charge in [-0.3, -0.25) is 4.90 Å². The van der Waals surface area contributed by atoms with E-state index in [2.05, 4.69) is 10.2 Å². The lowest BCUT2D eigenvalue weighted by Crippen LogP contribution is -2.51. The van der Waals surface area contributed by atoms with Gasteiger partial charge >= 0.3 is 0 Å². The number of ether oxygens (including phenoxy) is 1. The van der Waals surface area contributed by atoms with Gasteiger partial charge in [0.1, 0.15) is 6.61 Å². The quantitative estimate of drug-likeness (QED) is 0.923. The van der Waals surface area contributed by atoms with Crippen molar-refractivity contribution in [2.75, 3.05) is 39.3 Å². The molecule has 0 aliphatic carbocycles. The molecule has 2 fully saturated rings. The standard InChI is InChI=1S/C17H25FN2O/c18-15-5-1-2-6-16(15)21-12-11-20-10-4-8-17(14-20)7-3-9-19-13-17/h1-2,5-6,19H,3-4,7-14H2. The van der Waals surface area contributed by atoms with Gasteiger partial charge in [0, 0.05) is 19.6 Å². The van der Waals surface area contributed by atoms with Crippen LogP contribution in [-0.4, -0.2) is 44.2 Å². The third-order valence-corrected chi connectivity index (χ3v) is 4.80. The zero-order valence-electron chi connectivity index (χ0n) is 12.6. The first kappa shape index (κ1) is 14.8. The van der Waals surface area contributed by atoms with Crippen LogP contribution in [0.25, 0.3) is 0 Å². The Bertz CT molecular complexity index is 454. The SMILES string of the molecule is Fc1ccccc1OCCN1CCCC2(CCCNC2)C1. The Balaban J connectivity index is 1.48. The third-order valence-electron chi connectivity index (χ3n) is 4.80. The van der Waals surface area contributed by atoms with Crippen LogP contribution >= 0.6 is 0 Å². The van der Waals surface area contributed by atoms with Gasteiger partial charge in [-0.1, -0.05) is 12.1 Å². The van der Waals surface area contributed by atoms with E-state index in [-0.39, 0.29) is 5.82 Å². The summed E-state index contributed by atoms with van der Waals surface area (Å²) in [6, 6.07) is 6.63. The molecule has 1 spiro atoms. The molecule has 116 valence electrons. The third kappa shape index (κ3) is 3.74. The van der Waals surface area contributed by atoms with E-state index < -0.39 is 0 Å². The summed E-state index contributed by atoms with van der Waals surface area (Å²) in [6.07, 6.45) is 5.23. The predicted molar refractivity (Wildman–Crippen MR) is 82.1 cm³/mol. The summed E-state index contributed by atoms with van der Waals surface area (Å²) in [6.45, 7) is 6.05. The van der Waals surface area contributed by atoms with Gasteiger partial charge in [0.2, 0.25) is 0 Å². The molecule has 0 radical (unpaired) electrons. The number of nitrogens with one attached hydrogen (secondary N) is 1. The maximum Gasteiger partial charge on any atom is 0.165 e. The highest BCUT2D eigenvalue weighted by Crippen LogP contribution is 2.35. The van der Waals surface area contributed by atoms with Crippen molar-refractivity contribution in [2.24, 2.45) is 5.41 Å². The van der Waals surface area contributed by atoms with E-state index in [1.807, 2.05) is 6.07 Å². The average Bonchev–Trinajstić information content (AvgIpc) is 2.50. The molecule has 1 aromatic carbocycles. The molecule has 0 aromatic heterocycles. The van der Waals surface area contributed by atoms with Gasteiger partial charge in [0.05, 0.1) is 0 Å². The Morgan fingerprint density at radius 2 is 2.10 bits per heavy atom. The molecular formula is C17H25FN2O. The molecular weight excluding hydrogens is 267 g/mol. The smallest absolute Gasteiger partial charge is 0.165 e. The Labute approximate surface area is 126 Å². The van der Waals surface area contributed by atoms with E-state index in [0.29, 0.717) is 17.8 Å². The number of nitrogens with zero attached hydrogens (tertiary/aromatic N) is 1. The number of piperidine rings is 2. The summed E-state index contributed by atoms with van der Waals surface area (Å²) < 4.78 is 19.1. The van der Waals surface area contributed by atoms with E-state index in [4.69, 9.17) is 4.74 Å². The minimum Gasteiger partial charge on any atom is -0.489 e. The Morgan fingerprint density at radius 1 is 1.24 bits per heavy atom. The molecule has 4 heteroatoms. The van der Waals surface area contributed by atoms with Crippen LogP contribution in [0.2, 0.25) is 0 Å². The van der Waals surface area contributed by atoms with Crippen LogP contribution in [0, 0.1) is 11.2 Å². The lowest BCUT2D eigenvalue weighted by Gasteiger charge is -2.45. The monoisotopic (exact) mass is 292 g/mol. The summed E-state index contributed by atoms with van der Waals surface area (Å²) in [7, 11) is 0. The number of para-hydroxylation sites is 1. The Hall–Kier alpha value is -1.13. The molecule has 0 saturated carbocycles. The largest absolute Gasteiger partial charge is 0.489 e. The summed E-state index contributed by atoms with van der Waals surface area (Å²) >= 11 is 0. The number of rotatable bonds is 4. The fourth-order valence-corrected chi connectivity index (χ4v) is 3.73. The van der Waals surface area contributed by atoms with Crippen molar-refractivity contribution in [1.82, 2.24) is 10.2 Å². The summed E-state index contributed by atoms with van der Waals surface area (Å²) in [5.41, 5.74) is 0.467. The van der Waals surface area contributed by atoms with Crippen molar-refractivity contribution in [2.45, 2.75) is 25.7 Å². The molecule has 2 aliphatic rings. The first-order valence-corrected chi connectivity index (χ1v) is 8.08. The summed E-state index contributed by atoms with van der Waals surface area (Å²) in [5, 5.41) is 3.55. The van der Waals surface area contributed by atoms with Crippen molar-refractivity contribution >= 4 is 0 Å². The molecule has 3 rings (SSSR count). The molecule has 1 aromatic rings. The molecule has 1 N–H and O–H groups in total. The highest BCUT2D eigenvalue weighted by atomic mass is 19.1. The Morgan fingerprint density at radius 3 is 2.90 bits per heavy atom. The van der Waals surface area contributed by atoms with Crippen LogP contribution in [0.4, 0.5) is 4.39 Å². The fourth-order valence-electron chi connectivity index (χ4n) is 3.73. The number of hydrogen-bond donors (Lipinski definition) is 1. The minimum absolute atomic E-state index is 0.274. The second-order valence-corrected chi connectivity index (χ2v) is 6.44. The van der Waals surface area contributed by atoms with E-state index >= 15 is 0 Å². The van der Waals surface area contributed by atoms with E-state index in [0.717, 1.165) is 32.7 Å². The molecule has 21 heavy (non-hydrogen) atoms. The van der Waals surface area contributed by atoms with Gasteiger partial charge in [-0.25, -0.2) is 4.39 Å². The first-order valence-electron chi connectivity index (χ1n) is 8.08. The number of benzene rings is 1. The molecule has 2 aliphatic heterocycles. The maximum atomic E-state index is 13.5. The number of likely N-dealkylation sites (tertiary alicyclic amines) is 1. The Kier molecular flexibility index (Phi) is 4.76. The van der Waals surface area contributed by atoms with Crippen molar-refractivity contribution in [3.63, 3.8) is 0 Å². The van der Waals surface area contributed by atoms with Crippen LogP contribution in [0.15, 0.2) is 24.3 Å². The molecule has 2 heterocycles. The van der Waals surface area contributed by atoms with Crippen LogP contribution in [-0.2, 0) is 0 Å². The average molecular weight is 292 g/mol. The van der Waals surface area contributed by atoms with Crippen molar-refractivity contribution in [1.29, 1.82) is 0 Å². The van der Waals surface area contributed by atoms with Crippen molar-refractivity contribution < 1.29 is 9.13 Å². The van der Waals surface area contributed by atoms with Gasteiger partial charge in [0.15, 0.2) is 11.6 Å². The van der Waals surface area contributed by atoms with Gasteiger partial charge in [-0.15, -0.1) is 0 Å². The second-order valence-electron chi connectivity index (χ2n) is 6.44. The van der Waals surface area contributed by atoms with Crippen molar-refractivity contribution in [3.05, 3.63) is 30.1 Å². The summed E-state index contributed by atoms with van der Waals surface area (Å²) in [5.74, 6) is 0.0904. The van der Waals surface area contributed by atoms with Gasteiger partial charge in [0.25, 0.3) is 0 Å². The molecule has 1 atom stereocenters. The van der Waals surface area contributed by atoms with Crippen LogP contribution in [0.1, 0.15) is 25.7 Å². The maximum absolute atomic E-state index is 13.5. The van der Waals surface area contributed by atoms with E-state index in [9.17, 15) is 4.39 Å². The topological polar surface area (TPSA) is 24.5 Å². The molecule has 2 saturated heterocycles.